The van der Waals surface area contributed by atoms with Gasteiger partial charge in [0.15, 0.2) is 0 Å². The molecule has 2 heterocycles. The van der Waals surface area contributed by atoms with Crippen molar-refractivity contribution in [2.75, 3.05) is 26.2 Å². The monoisotopic (exact) mass is 328 g/mol. The number of halogens is 1. The molecule has 0 bridgehead atoms. The summed E-state index contributed by atoms with van der Waals surface area (Å²) in [4.78, 5) is 0.340. The molecule has 0 aromatic heterocycles. The first-order chi connectivity index (χ1) is 10.0. The summed E-state index contributed by atoms with van der Waals surface area (Å²) in [5.74, 6) is 0. The van der Waals surface area contributed by atoms with Crippen LogP contribution in [0.1, 0.15) is 25.7 Å². The third-order valence-corrected chi connectivity index (χ3v) is 6.75. The van der Waals surface area contributed by atoms with Crippen molar-refractivity contribution >= 4 is 21.6 Å². The van der Waals surface area contributed by atoms with Gasteiger partial charge in [0.2, 0.25) is 10.0 Å². The van der Waals surface area contributed by atoms with Crippen LogP contribution >= 0.6 is 11.6 Å². The summed E-state index contributed by atoms with van der Waals surface area (Å²) in [5.41, 5.74) is 0.121. The quantitative estimate of drug-likeness (QED) is 0.907. The van der Waals surface area contributed by atoms with Crippen molar-refractivity contribution in [3.63, 3.8) is 0 Å². The van der Waals surface area contributed by atoms with E-state index in [9.17, 15) is 8.42 Å². The standard InChI is InChI=1S/C15H21ClN2O2S/c16-13-3-5-14(6-4-13)21(19,20)18-10-2-8-15(12-18)7-1-9-17-11-15/h3-6,17H,1-2,7-12H2. The first-order valence-corrected chi connectivity index (χ1v) is 9.30. The molecule has 2 fully saturated rings. The summed E-state index contributed by atoms with van der Waals surface area (Å²) >= 11 is 5.85. The summed E-state index contributed by atoms with van der Waals surface area (Å²) in [6, 6.07) is 6.46. The van der Waals surface area contributed by atoms with Crippen LogP contribution in [0.5, 0.6) is 0 Å². The lowest BCUT2D eigenvalue weighted by Gasteiger charge is -2.44. The molecule has 116 valence electrons. The second-order valence-corrected chi connectivity index (χ2v) is 8.55. The maximum atomic E-state index is 12.8. The van der Waals surface area contributed by atoms with Gasteiger partial charge in [-0.3, -0.25) is 0 Å². The van der Waals surface area contributed by atoms with E-state index in [1.54, 1.807) is 28.6 Å². The summed E-state index contributed by atoms with van der Waals surface area (Å²) in [5, 5.41) is 3.98. The first kappa shape index (κ1) is 15.3. The Morgan fingerprint density at radius 1 is 1.14 bits per heavy atom. The highest BCUT2D eigenvalue weighted by atomic mass is 35.5. The maximum Gasteiger partial charge on any atom is 0.243 e. The minimum atomic E-state index is -3.41. The number of nitrogens with zero attached hydrogens (tertiary/aromatic N) is 1. The van der Waals surface area contributed by atoms with Crippen molar-refractivity contribution in [2.45, 2.75) is 30.6 Å². The first-order valence-electron chi connectivity index (χ1n) is 7.48. The van der Waals surface area contributed by atoms with Gasteiger partial charge in [-0.1, -0.05) is 11.6 Å². The SMILES string of the molecule is O=S(=O)(c1ccc(Cl)cc1)N1CCCC2(CCCNC2)C1. The second kappa shape index (κ2) is 5.88. The molecule has 1 aromatic rings. The topological polar surface area (TPSA) is 49.4 Å². The minimum absolute atomic E-state index is 0.121. The molecule has 1 aromatic carbocycles. The highest BCUT2D eigenvalue weighted by molar-refractivity contribution is 7.89. The average Bonchev–Trinajstić information content (AvgIpc) is 2.48. The van der Waals surface area contributed by atoms with Crippen molar-refractivity contribution in [3.05, 3.63) is 29.3 Å². The van der Waals surface area contributed by atoms with Crippen LogP contribution in [0, 0.1) is 5.41 Å². The Morgan fingerprint density at radius 2 is 1.86 bits per heavy atom. The number of piperidine rings is 2. The highest BCUT2D eigenvalue weighted by Gasteiger charge is 2.40. The minimum Gasteiger partial charge on any atom is -0.316 e. The molecule has 2 aliphatic heterocycles. The second-order valence-electron chi connectivity index (χ2n) is 6.18. The number of sulfonamides is 1. The molecule has 1 spiro atoms. The molecule has 21 heavy (non-hydrogen) atoms. The number of nitrogens with one attached hydrogen (secondary N) is 1. The lowest BCUT2D eigenvalue weighted by Crippen LogP contribution is -2.52. The Morgan fingerprint density at radius 3 is 2.52 bits per heavy atom. The largest absolute Gasteiger partial charge is 0.316 e. The Kier molecular flexibility index (Phi) is 4.28. The Labute approximate surface area is 131 Å². The van der Waals surface area contributed by atoms with Crippen molar-refractivity contribution in [2.24, 2.45) is 5.41 Å². The van der Waals surface area contributed by atoms with Crippen LogP contribution in [0.25, 0.3) is 0 Å². The molecule has 0 amide bonds. The summed E-state index contributed by atoms with van der Waals surface area (Å²) in [6.45, 7) is 3.23. The molecule has 1 unspecified atom stereocenters. The van der Waals surface area contributed by atoms with Crippen LogP contribution in [0.2, 0.25) is 5.02 Å². The molecule has 1 N–H and O–H groups in total. The van der Waals surface area contributed by atoms with E-state index in [4.69, 9.17) is 11.6 Å². The number of rotatable bonds is 2. The van der Waals surface area contributed by atoms with E-state index < -0.39 is 10.0 Å². The van der Waals surface area contributed by atoms with E-state index in [2.05, 4.69) is 5.32 Å². The normalized spacial score (nSPS) is 27.9. The third-order valence-electron chi connectivity index (χ3n) is 4.64. The lowest BCUT2D eigenvalue weighted by molar-refractivity contribution is 0.110. The number of benzene rings is 1. The summed E-state index contributed by atoms with van der Waals surface area (Å²) in [6.07, 6.45) is 4.31. The van der Waals surface area contributed by atoms with E-state index >= 15 is 0 Å². The zero-order chi connectivity index (χ0) is 14.9. The Hall–Kier alpha value is -0.620. The van der Waals surface area contributed by atoms with Gasteiger partial charge in [0, 0.05) is 24.7 Å². The maximum absolute atomic E-state index is 12.8. The molecule has 4 nitrogen and oxygen atoms in total. The van der Waals surface area contributed by atoms with Gasteiger partial charge >= 0.3 is 0 Å². The van der Waals surface area contributed by atoms with Gasteiger partial charge in [0.05, 0.1) is 4.90 Å². The van der Waals surface area contributed by atoms with Crippen molar-refractivity contribution in [3.8, 4) is 0 Å². The van der Waals surface area contributed by atoms with Crippen LogP contribution in [-0.2, 0) is 10.0 Å². The van der Waals surface area contributed by atoms with Crippen molar-refractivity contribution in [1.82, 2.24) is 9.62 Å². The van der Waals surface area contributed by atoms with Gasteiger partial charge in [-0.2, -0.15) is 4.31 Å². The fraction of sp³-hybridized carbons (Fsp3) is 0.600. The average molecular weight is 329 g/mol. The molecular weight excluding hydrogens is 308 g/mol. The van der Waals surface area contributed by atoms with E-state index in [0.29, 0.717) is 23.0 Å². The van der Waals surface area contributed by atoms with Crippen LogP contribution in [0.15, 0.2) is 29.2 Å². The van der Waals surface area contributed by atoms with Crippen LogP contribution in [-0.4, -0.2) is 38.9 Å². The van der Waals surface area contributed by atoms with Crippen LogP contribution in [0.4, 0.5) is 0 Å². The van der Waals surface area contributed by atoms with Crippen LogP contribution < -0.4 is 5.32 Å². The summed E-state index contributed by atoms with van der Waals surface area (Å²) < 4.78 is 27.2. The van der Waals surface area contributed by atoms with Crippen molar-refractivity contribution in [1.29, 1.82) is 0 Å². The molecule has 1 atom stereocenters. The van der Waals surface area contributed by atoms with E-state index in [-0.39, 0.29) is 5.41 Å². The molecule has 0 radical (unpaired) electrons. The van der Waals surface area contributed by atoms with E-state index in [1.807, 2.05) is 0 Å². The molecule has 0 aliphatic carbocycles. The predicted octanol–water partition coefficient (Wildman–Crippen LogP) is 2.49. The van der Waals surface area contributed by atoms with Gasteiger partial charge in [0.25, 0.3) is 0 Å². The van der Waals surface area contributed by atoms with Gasteiger partial charge < -0.3 is 5.32 Å². The van der Waals surface area contributed by atoms with Gasteiger partial charge in [0.1, 0.15) is 0 Å². The van der Waals surface area contributed by atoms with E-state index in [1.165, 1.54) is 0 Å². The molecule has 2 aliphatic rings. The summed E-state index contributed by atoms with van der Waals surface area (Å²) in [7, 11) is -3.41. The van der Waals surface area contributed by atoms with Gasteiger partial charge in [-0.15, -0.1) is 0 Å². The number of hydrogen-bond acceptors (Lipinski definition) is 3. The molecular formula is C15H21ClN2O2S. The lowest BCUT2D eigenvalue weighted by atomic mass is 9.75. The molecule has 3 rings (SSSR count). The molecule has 2 saturated heterocycles. The smallest absolute Gasteiger partial charge is 0.243 e. The fourth-order valence-electron chi connectivity index (χ4n) is 3.50. The van der Waals surface area contributed by atoms with Gasteiger partial charge in [-0.05, 0) is 61.9 Å². The Balaban J connectivity index is 1.83. The number of hydrogen-bond donors (Lipinski definition) is 1. The third kappa shape index (κ3) is 3.11. The highest BCUT2D eigenvalue weighted by Crippen LogP contribution is 2.37. The fourth-order valence-corrected chi connectivity index (χ4v) is 5.22. The van der Waals surface area contributed by atoms with Crippen molar-refractivity contribution < 1.29 is 8.42 Å². The molecule has 0 saturated carbocycles. The zero-order valence-electron chi connectivity index (χ0n) is 12.0. The zero-order valence-corrected chi connectivity index (χ0v) is 13.6. The van der Waals surface area contributed by atoms with Crippen LogP contribution in [0.3, 0.4) is 0 Å². The van der Waals surface area contributed by atoms with E-state index in [0.717, 1.165) is 38.8 Å². The van der Waals surface area contributed by atoms with Gasteiger partial charge in [-0.25, -0.2) is 8.42 Å². The molecule has 6 heteroatoms. The predicted molar refractivity (Wildman–Crippen MR) is 84.0 cm³/mol. The Bertz CT molecular complexity index is 589.